The van der Waals surface area contributed by atoms with Crippen LogP contribution in [0.5, 0.6) is 0 Å². The van der Waals surface area contributed by atoms with Crippen LogP contribution in [0, 0.1) is 0 Å². The summed E-state index contributed by atoms with van der Waals surface area (Å²) in [5.74, 6) is 1.34. The van der Waals surface area contributed by atoms with Gasteiger partial charge in [-0.15, -0.1) is 0 Å². The Bertz CT molecular complexity index is 346. The minimum Gasteiger partial charge on any atom is -0.370 e. The zero-order chi connectivity index (χ0) is 12.3. The lowest BCUT2D eigenvalue weighted by Gasteiger charge is -2.24. The summed E-state index contributed by atoms with van der Waals surface area (Å²) in [4.78, 5) is 4.49. The topological polar surface area (TPSA) is 74.2 Å². The van der Waals surface area contributed by atoms with Crippen molar-refractivity contribution in [3.8, 4) is 0 Å². The number of hydrogen-bond donors (Lipinski definition) is 1. The minimum atomic E-state index is -0.177. The number of ether oxygens (including phenoxy) is 1. The lowest BCUT2D eigenvalue weighted by Crippen LogP contribution is -2.34. The van der Waals surface area contributed by atoms with E-state index >= 15 is 0 Å². The summed E-state index contributed by atoms with van der Waals surface area (Å²) in [5, 5.41) is 4.04. The molecule has 5 nitrogen and oxygen atoms in total. The van der Waals surface area contributed by atoms with Crippen LogP contribution in [-0.4, -0.2) is 23.3 Å². The first-order valence-corrected chi connectivity index (χ1v) is 6.41. The summed E-state index contributed by atoms with van der Waals surface area (Å²) in [6, 6.07) is 0. The fraction of sp³-hybridized carbons (Fsp3) is 0.833. The van der Waals surface area contributed by atoms with Crippen LogP contribution in [0.1, 0.15) is 57.3 Å². The van der Waals surface area contributed by atoms with Crippen LogP contribution in [-0.2, 0) is 10.2 Å². The van der Waals surface area contributed by atoms with Crippen molar-refractivity contribution in [1.29, 1.82) is 0 Å². The summed E-state index contributed by atoms with van der Waals surface area (Å²) in [5.41, 5.74) is 5.69. The van der Waals surface area contributed by atoms with Crippen molar-refractivity contribution in [2.24, 2.45) is 5.73 Å². The quantitative estimate of drug-likeness (QED) is 0.850. The molecule has 17 heavy (non-hydrogen) atoms. The van der Waals surface area contributed by atoms with Crippen LogP contribution < -0.4 is 5.73 Å². The zero-order valence-corrected chi connectivity index (χ0v) is 10.6. The molecule has 1 unspecified atom stereocenters. The van der Waals surface area contributed by atoms with E-state index in [1.165, 1.54) is 0 Å². The number of nitrogens with zero attached hydrogens (tertiary/aromatic N) is 2. The van der Waals surface area contributed by atoms with Gasteiger partial charge in [-0.25, -0.2) is 0 Å². The molecule has 1 aromatic heterocycles. The molecule has 0 aliphatic carbocycles. The normalized spacial score (nSPS) is 21.0. The molecular formula is C12H21N3O2. The van der Waals surface area contributed by atoms with E-state index in [0.717, 1.165) is 32.3 Å². The van der Waals surface area contributed by atoms with E-state index in [0.29, 0.717) is 18.3 Å². The van der Waals surface area contributed by atoms with Crippen LogP contribution in [0.25, 0.3) is 0 Å². The second-order valence-electron chi connectivity index (χ2n) is 4.65. The highest BCUT2D eigenvalue weighted by molar-refractivity contribution is 5.06. The predicted molar refractivity (Wildman–Crippen MR) is 63.5 cm³/mol. The molecule has 1 fully saturated rings. The third kappa shape index (κ3) is 2.21. The fourth-order valence-electron chi connectivity index (χ4n) is 2.29. The van der Waals surface area contributed by atoms with E-state index in [4.69, 9.17) is 15.0 Å². The molecule has 2 heterocycles. The lowest BCUT2D eigenvalue weighted by molar-refractivity contribution is 0.103. The standard InChI is InChI=1S/C12H21N3O2/c1-3-12(4-2,8-13)11-14-10(15-17-11)9-6-5-7-16-9/h9H,3-8,13H2,1-2H3. The van der Waals surface area contributed by atoms with Gasteiger partial charge in [-0.3, -0.25) is 0 Å². The summed E-state index contributed by atoms with van der Waals surface area (Å²) in [6.07, 6.45) is 3.88. The first-order valence-electron chi connectivity index (χ1n) is 6.41. The van der Waals surface area contributed by atoms with E-state index in [9.17, 15) is 0 Å². The molecule has 1 saturated heterocycles. The van der Waals surface area contributed by atoms with Crippen LogP contribution in [0.4, 0.5) is 0 Å². The molecular weight excluding hydrogens is 218 g/mol. The average molecular weight is 239 g/mol. The molecule has 1 aliphatic heterocycles. The van der Waals surface area contributed by atoms with Gasteiger partial charge in [0.05, 0.1) is 5.41 Å². The Kier molecular flexibility index (Phi) is 3.79. The van der Waals surface area contributed by atoms with Gasteiger partial charge < -0.3 is 15.0 Å². The van der Waals surface area contributed by atoms with Crippen LogP contribution >= 0.6 is 0 Å². The molecule has 5 heteroatoms. The highest BCUT2D eigenvalue weighted by Gasteiger charge is 2.34. The van der Waals surface area contributed by atoms with Gasteiger partial charge in [0.2, 0.25) is 11.7 Å². The van der Waals surface area contributed by atoms with Crippen molar-refractivity contribution in [2.45, 2.75) is 51.0 Å². The van der Waals surface area contributed by atoms with Crippen LogP contribution in [0.3, 0.4) is 0 Å². The molecule has 0 bridgehead atoms. The Morgan fingerprint density at radius 1 is 1.41 bits per heavy atom. The summed E-state index contributed by atoms with van der Waals surface area (Å²) in [7, 11) is 0. The van der Waals surface area contributed by atoms with E-state index in [1.54, 1.807) is 0 Å². The highest BCUT2D eigenvalue weighted by atomic mass is 16.5. The van der Waals surface area contributed by atoms with Crippen molar-refractivity contribution >= 4 is 0 Å². The molecule has 0 spiro atoms. The molecule has 96 valence electrons. The average Bonchev–Trinajstić information content (AvgIpc) is 3.03. The van der Waals surface area contributed by atoms with E-state index in [-0.39, 0.29) is 11.5 Å². The number of nitrogens with two attached hydrogens (primary N) is 1. The van der Waals surface area contributed by atoms with E-state index in [1.807, 2.05) is 0 Å². The molecule has 2 N–H and O–H groups in total. The van der Waals surface area contributed by atoms with Crippen LogP contribution in [0.15, 0.2) is 4.52 Å². The maximum atomic E-state index is 5.86. The molecule has 2 rings (SSSR count). The third-order valence-electron chi connectivity index (χ3n) is 3.86. The Labute approximate surface area is 102 Å². The summed E-state index contributed by atoms with van der Waals surface area (Å²) < 4.78 is 10.9. The van der Waals surface area contributed by atoms with Crippen LogP contribution in [0.2, 0.25) is 0 Å². The lowest BCUT2D eigenvalue weighted by atomic mass is 9.82. The third-order valence-corrected chi connectivity index (χ3v) is 3.86. The molecule has 0 saturated carbocycles. The second kappa shape index (κ2) is 5.14. The smallest absolute Gasteiger partial charge is 0.234 e. The highest BCUT2D eigenvalue weighted by Crippen LogP contribution is 2.32. The Hall–Kier alpha value is -0.940. The predicted octanol–water partition coefficient (Wildman–Crippen LogP) is 1.94. The van der Waals surface area contributed by atoms with Gasteiger partial charge in [0.15, 0.2) is 0 Å². The van der Waals surface area contributed by atoms with Crippen molar-refractivity contribution in [1.82, 2.24) is 10.1 Å². The zero-order valence-electron chi connectivity index (χ0n) is 10.6. The summed E-state index contributed by atoms with van der Waals surface area (Å²) in [6.45, 7) is 5.53. The van der Waals surface area contributed by atoms with Crippen molar-refractivity contribution in [2.75, 3.05) is 13.2 Å². The van der Waals surface area contributed by atoms with Gasteiger partial charge in [0.25, 0.3) is 0 Å². The van der Waals surface area contributed by atoms with Gasteiger partial charge in [-0.2, -0.15) is 4.98 Å². The monoisotopic (exact) mass is 239 g/mol. The maximum absolute atomic E-state index is 5.86. The fourth-order valence-corrected chi connectivity index (χ4v) is 2.29. The Balaban J connectivity index is 2.21. The van der Waals surface area contributed by atoms with E-state index in [2.05, 4.69) is 24.0 Å². The minimum absolute atomic E-state index is 0.0108. The number of aromatic nitrogens is 2. The van der Waals surface area contributed by atoms with Gasteiger partial charge in [-0.05, 0) is 25.7 Å². The van der Waals surface area contributed by atoms with Gasteiger partial charge in [-0.1, -0.05) is 19.0 Å². The molecule has 0 radical (unpaired) electrons. The summed E-state index contributed by atoms with van der Waals surface area (Å²) >= 11 is 0. The second-order valence-corrected chi connectivity index (χ2v) is 4.65. The maximum Gasteiger partial charge on any atom is 0.234 e. The molecule has 0 amide bonds. The molecule has 1 atom stereocenters. The SMILES string of the molecule is CCC(CC)(CN)c1nc(C2CCCO2)no1. The van der Waals surface area contributed by atoms with Crippen molar-refractivity contribution < 1.29 is 9.26 Å². The van der Waals surface area contributed by atoms with Gasteiger partial charge in [0, 0.05) is 13.2 Å². The molecule has 1 aromatic rings. The van der Waals surface area contributed by atoms with Crippen molar-refractivity contribution in [3.05, 3.63) is 11.7 Å². The van der Waals surface area contributed by atoms with Gasteiger partial charge in [0.1, 0.15) is 6.10 Å². The van der Waals surface area contributed by atoms with Crippen molar-refractivity contribution in [3.63, 3.8) is 0 Å². The largest absolute Gasteiger partial charge is 0.370 e. The van der Waals surface area contributed by atoms with Gasteiger partial charge >= 0.3 is 0 Å². The molecule has 1 aliphatic rings. The Morgan fingerprint density at radius 2 is 2.18 bits per heavy atom. The molecule has 0 aromatic carbocycles. The van der Waals surface area contributed by atoms with E-state index < -0.39 is 0 Å². The first-order chi connectivity index (χ1) is 8.25. The Morgan fingerprint density at radius 3 is 2.71 bits per heavy atom. The number of rotatable bonds is 5. The number of hydrogen-bond acceptors (Lipinski definition) is 5. The first kappa shape index (κ1) is 12.5.